The maximum absolute atomic E-state index is 5.91. The summed E-state index contributed by atoms with van der Waals surface area (Å²) in [5.74, 6) is 0. The zero-order valence-corrected chi connectivity index (χ0v) is 13.8. The average molecular weight is 299 g/mol. The van der Waals surface area contributed by atoms with E-state index < -0.39 is 8.07 Å². The van der Waals surface area contributed by atoms with Crippen LogP contribution in [0.25, 0.3) is 21.9 Å². The maximum atomic E-state index is 5.91. The molecule has 110 valence electrons. The van der Waals surface area contributed by atoms with Crippen LogP contribution < -0.4 is 0 Å². The Bertz CT molecular complexity index is 708. The lowest BCUT2D eigenvalue weighted by molar-refractivity contribution is 0.0926. The summed E-state index contributed by atoms with van der Waals surface area (Å²) >= 11 is 0. The quantitative estimate of drug-likeness (QED) is 0.530. The lowest BCUT2D eigenvalue weighted by Gasteiger charge is -2.16. The van der Waals surface area contributed by atoms with Gasteiger partial charge in [-0.1, -0.05) is 19.6 Å². The van der Waals surface area contributed by atoms with Crippen LogP contribution in [-0.4, -0.2) is 29.2 Å². The monoisotopic (exact) mass is 299 g/mol. The summed E-state index contributed by atoms with van der Waals surface area (Å²) < 4.78 is 8.04. The van der Waals surface area contributed by atoms with Gasteiger partial charge in [0, 0.05) is 44.0 Å². The van der Waals surface area contributed by atoms with Crippen LogP contribution in [0.3, 0.4) is 0 Å². The molecule has 0 aliphatic carbocycles. The van der Waals surface area contributed by atoms with Gasteiger partial charge in [-0.3, -0.25) is 4.98 Å². The predicted octanol–water partition coefficient (Wildman–Crippen LogP) is 3.90. The van der Waals surface area contributed by atoms with Gasteiger partial charge in [-0.25, -0.2) is 4.98 Å². The van der Waals surface area contributed by atoms with Crippen molar-refractivity contribution < 1.29 is 4.74 Å². The molecule has 0 bridgehead atoms. The summed E-state index contributed by atoms with van der Waals surface area (Å²) in [7, 11) is -1.05. The fraction of sp³-hybridized carbons (Fsp3) is 0.375. The molecule has 0 radical (unpaired) electrons. The molecule has 0 atom stereocenters. The molecule has 3 rings (SSSR count). The third-order valence-corrected chi connectivity index (χ3v) is 5.34. The van der Waals surface area contributed by atoms with Crippen molar-refractivity contribution in [2.45, 2.75) is 32.4 Å². The topological polar surface area (TPSA) is 39.9 Å². The minimum absolute atomic E-state index is 0.547. The van der Waals surface area contributed by atoms with Crippen LogP contribution in [0.1, 0.15) is 0 Å². The van der Waals surface area contributed by atoms with Gasteiger partial charge < -0.3 is 9.30 Å². The highest BCUT2D eigenvalue weighted by Crippen LogP contribution is 2.26. The molecule has 0 aromatic carbocycles. The number of hydrogen-bond acceptors (Lipinski definition) is 3. The van der Waals surface area contributed by atoms with Crippen LogP contribution in [-0.2, 0) is 11.5 Å². The maximum Gasteiger partial charge on any atom is 0.142 e. The molecule has 0 amide bonds. The largest absolute Gasteiger partial charge is 0.361 e. The number of pyridine rings is 2. The molecule has 3 aromatic heterocycles. The Morgan fingerprint density at radius 3 is 2.81 bits per heavy atom. The third kappa shape index (κ3) is 2.98. The molecule has 0 saturated heterocycles. The van der Waals surface area contributed by atoms with Gasteiger partial charge in [0.1, 0.15) is 12.4 Å². The van der Waals surface area contributed by atoms with Gasteiger partial charge in [0.15, 0.2) is 0 Å². The number of fused-ring (bicyclic) bond motifs is 3. The molecule has 0 fully saturated rings. The summed E-state index contributed by atoms with van der Waals surface area (Å²) in [5, 5.41) is 2.27. The molecule has 0 aliphatic rings. The van der Waals surface area contributed by atoms with E-state index in [0.29, 0.717) is 6.73 Å². The first kappa shape index (κ1) is 14.2. The summed E-state index contributed by atoms with van der Waals surface area (Å²) in [4.78, 5) is 8.74. The van der Waals surface area contributed by atoms with Gasteiger partial charge in [0.2, 0.25) is 0 Å². The van der Waals surface area contributed by atoms with Crippen molar-refractivity contribution in [2.24, 2.45) is 0 Å². The highest BCUT2D eigenvalue weighted by atomic mass is 28.3. The Morgan fingerprint density at radius 2 is 2.00 bits per heavy atom. The second-order valence-electron chi connectivity index (χ2n) is 6.54. The van der Waals surface area contributed by atoms with Gasteiger partial charge in [-0.15, -0.1) is 0 Å². The molecule has 0 aliphatic heterocycles. The number of ether oxygens (including phenoxy) is 1. The molecule has 5 heteroatoms. The lowest BCUT2D eigenvalue weighted by atomic mass is 10.2. The molecule has 0 spiro atoms. The number of rotatable bonds is 5. The standard InChI is InChI=1S/C16H21N3OSi/c1-21(2,3)10-9-20-12-19-15-6-8-17-11-14(15)13-5-4-7-18-16(13)19/h4-8,11H,9-10,12H2,1-3H3. The van der Waals surface area contributed by atoms with Crippen LogP contribution in [0.4, 0.5) is 0 Å². The first-order valence-electron chi connectivity index (χ1n) is 7.31. The Morgan fingerprint density at radius 1 is 1.14 bits per heavy atom. The van der Waals surface area contributed by atoms with Crippen LogP contribution in [0.15, 0.2) is 36.8 Å². The van der Waals surface area contributed by atoms with Gasteiger partial charge in [0.05, 0.1) is 5.52 Å². The Kier molecular flexibility index (Phi) is 3.78. The fourth-order valence-electron chi connectivity index (χ4n) is 2.43. The van der Waals surface area contributed by atoms with E-state index in [1.807, 2.05) is 30.7 Å². The lowest BCUT2D eigenvalue weighted by Crippen LogP contribution is -2.22. The number of aromatic nitrogens is 3. The van der Waals surface area contributed by atoms with E-state index in [1.165, 1.54) is 6.04 Å². The van der Waals surface area contributed by atoms with Crippen molar-refractivity contribution in [3.8, 4) is 0 Å². The molecular formula is C16H21N3OSi. The van der Waals surface area contributed by atoms with E-state index in [2.05, 4.69) is 40.2 Å². The van der Waals surface area contributed by atoms with E-state index in [-0.39, 0.29) is 0 Å². The van der Waals surface area contributed by atoms with Gasteiger partial charge >= 0.3 is 0 Å². The third-order valence-electron chi connectivity index (χ3n) is 3.64. The van der Waals surface area contributed by atoms with Gasteiger partial charge in [0.25, 0.3) is 0 Å². The Labute approximate surface area is 125 Å². The summed E-state index contributed by atoms with van der Waals surface area (Å²) in [6.45, 7) is 8.46. The van der Waals surface area contributed by atoms with Crippen LogP contribution in [0.5, 0.6) is 0 Å². The van der Waals surface area contributed by atoms with Crippen molar-refractivity contribution in [3.05, 3.63) is 36.8 Å². The van der Waals surface area contributed by atoms with E-state index in [1.54, 1.807) is 0 Å². The highest BCUT2D eigenvalue weighted by molar-refractivity contribution is 6.76. The van der Waals surface area contributed by atoms with E-state index in [4.69, 9.17) is 4.74 Å². The fourth-order valence-corrected chi connectivity index (χ4v) is 3.19. The SMILES string of the molecule is C[Si](C)(C)CCOCn1c2ccncc2c2cccnc21. The van der Waals surface area contributed by atoms with Crippen LogP contribution >= 0.6 is 0 Å². The second kappa shape index (κ2) is 5.58. The Balaban J connectivity index is 1.89. The molecule has 3 aromatic rings. The average Bonchev–Trinajstić information content (AvgIpc) is 2.77. The minimum atomic E-state index is -1.05. The molecule has 21 heavy (non-hydrogen) atoms. The van der Waals surface area contributed by atoms with Crippen LogP contribution in [0, 0.1) is 0 Å². The second-order valence-corrected chi connectivity index (χ2v) is 12.2. The molecule has 4 nitrogen and oxygen atoms in total. The van der Waals surface area contributed by atoms with Crippen molar-refractivity contribution in [1.82, 2.24) is 14.5 Å². The van der Waals surface area contributed by atoms with E-state index in [9.17, 15) is 0 Å². The number of hydrogen-bond donors (Lipinski definition) is 0. The molecule has 0 saturated carbocycles. The first-order chi connectivity index (χ1) is 10.1. The van der Waals surface area contributed by atoms with Crippen molar-refractivity contribution in [2.75, 3.05) is 6.61 Å². The molecule has 0 unspecified atom stereocenters. The van der Waals surface area contributed by atoms with E-state index in [0.717, 1.165) is 28.5 Å². The van der Waals surface area contributed by atoms with E-state index >= 15 is 0 Å². The van der Waals surface area contributed by atoms with Crippen molar-refractivity contribution in [1.29, 1.82) is 0 Å². The first-order valence-corrected chi connectivity index (χ1v) is 11.0. The zero-order chi connectivity index (χ0) is 14.9. The normalized spacial score (nSPS) is 12.3. The minimum Gasteiger partial charge on any atom is -0.361 e. The molecular weight excluding hydrogens is 278 g/mol. The summed E-state index contributed by atoms with van der Waals surface area (Å²) in [6.07, 6.45) is 5.55. The zero-order valence-electron chi connectivity index (χ0n) is 12.8. The number of nitrogens with zero attached hydrogens (tertiary/aromatic N) is 3. The van der Waals surface area contributed by atoms with Crippen LogP contribution in [0.2, 0.25) is 25.7 Å². The Hall–Kier alpha value is -1.72. The van der Waals surface area contributed by atoms with Gasteiger partial charge in [-0.05, 0) is 24.2 Å². The summed E-state index contributed by atoms with van der Waals surface area (Å²) in [6, 6.07) is 7.26. The van der Waals surface area contributed by atoms with Crippen molar-refractivity contribution in [3.63, 3.8) is 0 Å². The molecule has 3 heterocycles. The summed E-state index contributed by atoms with van der Waals surface area (Å²) in [5.41, 5.74) is 2.10. The van der Waals surface area contributed by atoms with Gasteiger partial charge in [-0.2, -0.15) is 0 Å². The predicted molar refractivity (Wildman–Crippen MR) is 89.1 cm³/mol. The highest BCUT2D eigenvalue weighted by Gasteiger charge is 2.14. The smallest absolute Gasteiger partial charge is 0.142 e. The van der Waals surface area contributed by atoms with Crippen molar-refractivity contribution >= 4 is 30.0 Å². The molecule has 0 N–H and O–H groups in total.